The number of benzene rings is 1. The minimum absolute atomic E-state index is 0.241. The average Bonchev–Trinajstić information content (AvgIpc) is 2.46. The zero-order chi connectivity index (χ0) is 15.5. The van der Waals surface area contributed by atoms with Crippen molar-refractivity contribution in [3.05, 3.63) is 58.4 Å². The lowest BCUT2D eigenvalue weighted by molar-refractivity contribution is -0.387. The van der Waals surface area contributed by atoms with Crippen LogP contribution in [0, 0.1) is 10.1 Å². The Balaban J connectivity index is 2.32. The third-order valence-corrected chi connectivity index (χ3v) is 3.85. The number of aromatic nitrogens is 1. The molecule has 0 radical (unpaired) electrons. The van der Waals surface area contributed by atoms with E-state index in [2.05, 4.69) is 4.98 Å². The Labute approximate surface area is 120 Å². The third-order valence-electron chi connectivity index (χ3n) is 2.59. The van der Waals surface area contributed by atoms with Gasteiger partial charge in [-0.2, -0.15) is 8.42 Å². The summed E-state index contributed by atoms with van der Waals surface area (Å²) < 4.78 is 28.9. The summed E-state index contributed by atoms with van der Waals surface area (Å²) in [6, 6.07) is 8.54. The Hall–Kier alpha value is -2.52. The van der Waals surface area contributed by atoms with Crippen LogP contribution in [0.3, 0.4) is 0 Å². The minimum atomic E-state index is -4.34. The summed E-state index contributed by atoms with van der Waals surface area (Å²) in [5.41, 5.74) is 4.93. The molecule has 110 valence electrons. The molecule has 1 aromatic carbocycles. The third kappa shape index (κ3) is 3.33. The standard InChI is InChI=1S/C12H11N3O5S/c13-10-6-14-7-11(12(10)15(16)17)21(18,19)20-8-9-4-2-1-3-5-9/h1-7H,8,13H2. The van der Waals surface area contributed by atoms with Gasteiger partial charge in [-0.25, -0.2) is 0 Å². The van der Waals surface area contributed by atoms with Gasteiger partial charge in [0.05, 0.1) is 23.9 Å². The molecule has 2 aromatic rings. The predicted molar refractivity (Wildman–Crippen MR) is 73.7 cm³/mol. The van der Waals surface area contributed by atoms with Crippen molar-refractivity contribution >= 4 is 21.5 Å². The number of rotatable bonds is 5. The van der Waals surface area contributed by atoms with Gasteiger partial charge >= 0.3 is 15.8 Å². The van der Waals surface area contributed by atoms with E-state index in [1.165, 1.54) is 0 Å². The molecule has 0 atom stereocenters. The summed E-state index contributed by atoms with van der Waals surface area (Å²) in [5.74, 6) is 0. The monoisotopic (exact) mass is 309 g/mol. The molecular weight excluding hydrogens is 298 g/mol. The van der Waals surface area contributed by atoms with E-state index in [-0.39, 0.29) is 12.3 Å². The smallest absolute Gasteiger partial charge is 0.316 e. The first-order valence-electron chi connectivity index (χ1n) is 5.73. The molecule has 0 bridgehead atoms. The normalized spacial score (nSPS) is 11.2. The van der Waals surface area contributed by atoms with Gasteiger partial charge in [0.2, 0.25) is 0 Å². The van der Waals surface area contributed by atoms with Crippen LogP contribution in [0.15, 0.2) is 47.6 Å². The number of pyridine rings is 1. The van der Waals surface area contributed by atoms with Crippen LogP contribution in [-0.2, 0) is 20.9 Å². The van der Waals surface area contributed by atoms with Crippen molar-refractivity contribution in [2.45, 2.75) is 11.5 Å². The number of nitro groups is 1. The first-order chi connectivity index (χ1) is 9.92. The highest BCUT2D eigenvalue weighted by atomic mass is 32.2. The summed E-state index contributed by atoms with van der Waals surface area (Å²) >= 11 is 0. The Morgan fingerprint density at radius 3 is 2.52 bits per heavy atom. The van der Waals surface area contributed by atoms with Gasteiger partial charge in [0.25, 0.3) is 0 Å². The van der Waals surface area contributed by atoms with Gasteiger partial charge in [-0.15, -0.1) is 0 Å². The van der Waals surface area contributed by atoms with E-state index >= 15 is 0 Å². The fourth-order valence-electron chi connectivity index (χ4n) is 1.61. The van der Waals surface area contributed by atoms with Crippen LogP contribution in [0.1, 0.15) is 5.56 Å². The number of hydrogen-bond donors (Lipinski definition) is 1. The van der Waals surface area contributed by atoms with Crippen molar-refractivity contribution in [1.29, 1.82) is 0 Å². The maximum Gasteiger partial charge on any atom is 0.316 e. The summed E-state index contributed by atoms with van der Waals surface area (Å²) in [4.78, 5) is 13.0. The van der Waals surface area contributed by atoms with E-state index in [9.17, 15) is 18.5 Å². The van der Waals surface area contributed by atoms with E-state index < -0.39 is 25.6 Å². The van der Waals surface area contributed by atoms with Crippen LogP contribution in [-0.4, -0.2) is 18.3 Å². The largest absolute Gasteiger partial charge is 0.392 e. The van der Waals surface area contributed by atoms with Gasteiger partial charge in [0.15, 0.2) is 4.90 Å². The Bertz CT molecular complexity index is 762. The van der Waals surface area contributed by atoms with Crippen LogP contribution in [0.25, 0.3) is 0 Å². The lowest BCUT2D eigenvalue weighted by Crippen LogP contribution is -2.11. The van der Waals surface area contributed by atoms with Gasteiger partial charge < -0.3 is 5.73 Å². The highest BCUT2D eigenvalue weighted by Crippen LogP contribution is 2.30. The number of hydrogen-bond acceptors (Lipinski definition) is 7. The maximum atomic E-state index is 12.1. The van der Waals surface area contributed by atoms with Crippen molar-refractivity contribution in [1.82, 2.24) is 4.98 Å². The van der Waals surface area contributed by atoms with E-state index in [0.29, 0.717) is 5.56 Å². The fraction of sp³-hybridized carbons (Fsp3) is 0.0833. The second-order valence-corrected chi connectivity index (χ2v) is 5.62. The summed E-state index contributed by atoms with van der Waals surface area (Å²) in [5, 5.41) is 10.9. The lowest BCUT2D eigenvalue weighted by atomic mass is 10.2. The Morgan fingerprint density at radius 1 is 1.24 bits per heavy atom. The van der Waals surface area contributed by atoms with Gasteiger partial charge in [-0.05, 0) is 5.56 Å². The number of nitrogen functional groups attached to an aromatic ring is 1. The molecule has 0 aliphatic rings. The second-order valence-electron chi connectivity index (χ2n) is 4.03. The Kier molecular flexibility index (Phi) is 4.15. The van der Waals surface area contributed by atoms with Crippen molar-refractivity contribution in [3.8, 4) is 0 Å². The number of anilines is 1. The highest BCUT2D eigenvalue weighted by Gasteiger charge is 2.29. The molecule has 2 N–H and O–H groups in total. The maximum absolute atomic E-state index is 12.1. The first-order valence-corrected chi connectivity index (χ1v) is 7.14. The van der Waals surface area contributed by atoms with Crippen LogP contribution in [0.5, 0.6) is 0 Å². The van der Waals surface area contributed by atoms with Crippen LogP contribution in [0.4, 0.5) is 11.4 Å². The molecule has 2 rings (SSSR count). The van der Waals surface area contributed by atoms with Crippen LogP contribution >= 0.6 is 0 Å². The zero-order valence-corrected chi connectivity index (χ0v) is 11.5. The number of nitrogens with zero attached hydrogens (tertiary/aromatic N) is 2. The second kappa shape index (κ2) is 5.85. The number of nitrogens with two attached hydrogens (primary N) is 1. The Morgan fingerprint density at radius 2 is 1.90 bits per heavy atom. The van der Waals surface area contributed by atoms with Gasteiger partial charge in [-0.3, -0.25) is 19.3 Å². The molecule has 1 aromatic heterocycles. The van der Waals surface area contributed by atoms with E-state index in [4.69, 9.17) is 9.92 Å². The zero-order valence-electron chi connectivity index (χ0n) is 10.7. The van der Waals surface area contributed by atoms with Gasteiger partial charge in [0, 0.05) is 0 Å². The van der Waals surface area contributed by atoms with Crippen molar-refractivity contribution in [3.63, 3.8) is 0 Å². The molecule has 1 heterocycles. The van der Waals surface area contributed by atoms with E-state index in [1.54, 1.807) is 30.3 Å². The minimum Gasteiger partial charge on any atom is -0.392 e. The quantitative estimate of drug-likeness (QED) is 0.503. The molecular formula is C12H11N3O5S. The van der Waals surface area contributed by atoms with Crippen molar-refractivity contribution < 1.29 is 17.5 Å². The molecule has 0 unspecified atom stereocenters. The van der Waals surface area contributed by atoms with E-state index in [1.807, 2.05) is 0 Å². The highest BCUT2D eigenvalue weighted by molar-refractivity contribution is 7.86. The molecule has 0 aliphatic heterocycles. The average molecular weight is 309 g/mol. The van der Waals surface area contributed by atoms with Crippen LogP contribution < -0.4 is 5.73 Å². The molecule has 0 saturated carbocycles. The molecule has 0 aliphatic carbocycles. The van der Waals surface area contributed by atoms with Crippen molar-refractivity contribution in [2.24, 2.45) is 0 Å². The summed E-state index contributed by atoms with van der Waals surface area (Å²) in [6.07, 6.45) is 1.85. The van der Waals surface area contributed by atoms with Crippen LogP contribution in [0.2, 0.25) is 0 Å². The predicted octanol–water partition coefficient (Wildman–Crippen LogP) is 1.48. The SMILES string of the molecule is Nc1cncc(S(=O)(=O)OCc2ccccc2)c1[N+](=O)[O-]. The van der Waals surface area contributed by atoms with Gasteiger partial charge in [0.1, 0.15) is 5.69 Å². The molecule has 0 amide bonds. The van der Waals surface area contributed by atoms with Gasteiger partial charge in [-0.1, -0.05) is 30.3 Å². The molecule has 0 saturated heterocycles. The topological polar surface area (TPSA) is 125 Å². The first kappa shape index (κ1) is 14.9. The molecule has 9 heteroatoms. The molecule has 21 heavy (non-hydrogen) atoms. The molecule has 8 nitrogen and oxygen atoms in total. The van der Waals surface area contributed by atoms with Crippen molar-refractivity contribution in [2.75, 3.05) is 5.73 Å². The van der Waals surface area contributed by atoms with E-state index in [0.717, 1.165) is 12.4 Å². The lowest BCUT2D eigenvalue weighted by Gasteiger charge is -2.07. The molecule has 0 spiro atoms. The summed E-state index contributed by atoms with van der Waals surface area (Å²) in [6.45, 7) is -0.241. The summed E-state index contributed by atoms with van der Waals surface area (Å²) in [7, 11) is -4.34. The molecule has 0 fully saturated rings. The fourth-order valence-corrected chi connectivity index (χ4v) is 2.65.